The van der Waals surface area contributed by atoms with E-state index in [9.17, 15) is 0 Å². The maximum Gasteiger partial charge on any atom is 0.192 e. The molecule has 35 heavy (non-hydrogen) atoms. The summed E-state index contributed by atoms with van der Waals surface area (Å²) in [5, 5.41) is 1.57. The Morgan fingerprint density at radius 1 is 1.06 bits per heavy atom. The van der Waals surface area contributed by atoms with E-state index in [1.165, 1.54) is 35.9 Å². The molecule has 0 amide bonds. The monoisotopic (exact) mass is 514 g/mol. The average Bonchev–Trinajstić information content (AvgIpc) is 3.29. The van der Waals surface area contributed by atoms with E-state index in [0.717, 1.165) is 53.8 Å². The van der Waals surface area contributed by atoms with E-state index in [4.69, 9.17) is 25.9 Å². The van der Waals surface area contributed by atoms with Crippen molar-refractivity contribution in [1.82, 2.24) is 19.9 Å². The van der Waals surface area contributed by atoms with Crippen molar-refractivity contribution < 1.29 is 9.47 Å². The summed E-state index contributed by atoms with van der Waals surface area (Å²) < 4.78 is 11.7. The highest BCUT2D eigenvalue weighted by atomic mass is 32.2. The van der Waals surface area contributed by atoms with Gasteiger partial charge in [0.1, 0.15) is 23.3 Å². The van der Waals surface area contributed by atoms with Crippen LogP contribution >= 0.6 is 23.1 Å². The summed E-state index contributed by atoms with van der Waals surface area (Å²) in [6.07, 6.45) is 4.78. The Kier molecular flexibility index (Phi) is 8.69. The van der Waals surface area contributed by atoms with E-state index in [0.29, 0.717) is 23.4 Å². The number of piperidine rings is 1. The van der Waals surface area contributed by atoms with E-state index in [1.807, 2.05) is 18.2 Å². The van der Waals surface area contributed by atoms with Gasteiger partial charge in [-0.25, -0.2) is 15.0 Å². The molecule has 1 fully saturated rings. The molecule has 188 valence electrons. The van der Waals surface area contributed by atoms with Gasteiger partial charge >= 0.3 is 0 Å². The topological polar surface area (TPSA) is 112 Å². The molecule has 0 aliphatic carbocycles. The molecule has 1 saturated heterocycles. The maximum absolute atomic E-state index is 6.17. The van der Waals surface area contributed by atoms with Crippen LogP contribution in [0.1, 0.15) is 48.9 Å². The van der Waals surface area contributed by atoms with Gasteiger partial charge in [0, 0.05) is 23.1 Å². The smallest absolute Gasteiger partial charge is 0.192 e. The SMILES string of the molecule is CCc1sc(-c2ccc(OC)c(OCCN3CCCCC3)c2)nc1C(C)Sc1nc(N)cc(N)n1. The third-order valence-corrected chi connectivity index (χ3v) is 8.22. The highest BCUT2D eigenvalue weighted by Crippen LogP contribution is 2.41. The first-order valence-electron chi connectivity index (χ1n) is 12.1. The number of aromatic nitrogens is 3. The molecule has 4 N–H and O–H groups in total. The minimum atomic E-state index is 0.0506. The summed E-state index contributed by atoms with van der Waals surface area (Å²) in [7, 11) is 1.67. The lowest BCUT2D eigenvalue weighted by atomic mass is 10.1. The Labute approximate surface area is 215 Å². The molecule has 0 spiro atoms. The van der Waals surface area contributed by atoms with E-state index >= 15 is 0 Å². The predicted octanol–water partition coefficient (Wildman–Crippen LogP) is 5.05. The van der Waals surface area contributed by atoms with Gasteiger partial charge in [0.25, 0.3) is 0 Å². The summed E-state index contributed by atoms with van der Waals surface area (Å²) in [6, 6.07) is 7.59. The summed E-state index contributed by atoms with van der Waals surface area (Å²) in [4.78, 5) is 17.3. The average molecular weight is 515 g/mol. The maximum atomic E-state index is 6.17. The molecular formula is C25H34N6O2S2. The van der Waals surface area contributed by atoms with Gasteiger partial charge in [0.05, 0.1) is 18.1 Å². The molecule has 1 aromatic carbocycles. The fraction of sp³-hybridized carbons (Fsp3) is 0.480. The standard InChI is InChI=1S/C25H34N6O2S2/c1-4-20-23(16(2)34-25-28-21(26)15-22(27)29-25)30-24(35-20)17-8-9-18(32-3)19(14-17)33-13-12-31-10-6-5-7-11-31/h8-9,14-16H,4-7,10-13H2,1-3H3,(H4,26,27,28,29). The molecule has 0 bridgehead atoms. The number of hydrogen-bond acceptors (Lipinski definition) is 10. The van der Waals surface area contributed by atoms with Gasteiger partial charge in [0.15, 0.2) is 16.7 Å². The number of anilines is 2. The predicted molar refractivity (Wildman–Crippen MR) is 144 cm³/mol. The number of hydrogen-bond donors (Lipinski definition) is 2. The van der Waals surface area contributed by atoms with Crippen LogP contribution in [0, 0.1) is 0 Å². The molecule has 8 nitrogen and oxygen atoms in total. The number of nitrogens with zero attached hydrogens (tertiary/aromatic N) is 4. The molecule has 2 aromatic heterocycles. The van der Waals surface area contributed by atoms with Crippen LogP contribution in [-0.4, -0.2) is 53.2 Å². The Morgan fingerprint density at radius 3 is 2.49 bits per heavy atom. The fourth-order valence-corrected chi connectivity index (χ4v) is 6.28. The first-order valence-corrected chi connectivity index (χ1v) is 13.8. The number of thiazole rings is 1. The summed E-state index contributed by atoms with van der Waals surface area (Å²) >= 11 is 3.22. The van der Waals surface area contributed by atoms with E-state index in [1.54, 1.807) is 24.5 Å². The molecular weight excluding hydrogens is 480 g/mol. The molecule has 10 heteroatoms. The zero-order chi connectivity index (χ0) is 24.8. The number of nitrogens with two attached hydrogens (primary N) is 2. The van der Waals surface area contributed by atoms with Crippen molar-refractivity contribution in [1.29, 1.82) is 0 Å². The van der Waals surface area contributed by atoms with Crippen molar-refractivity contribution in [3.8, 4) is 22.1 Å². The van der Waals surface area contributed by atoms with Crippen LogP contribution in [-0.2, 0) is 6.42 Å². The van der Waals surface area contributed by atoms with Crippen LogP contribution in [0.25, 0.3) is 10.6 Å². The molecule has 1 aliphatic heterocycles. The summed E-state index contributed by atoms with van der Waals surface area (Å²) in [6.45, 7) is 8.14. The Balaban J connectivity index is 1.51. The number of benzene rings is 1. The fourth-order valence-electron chi connectivity index (χ4n) is 4.18. The van der Waals surface area contributed by atoms with Gasteiger partial charge in [0.2, 0.25) is 0 Å². The number of thioether (sulfide) groups is 1. The minimum absolute atomic E-state index is 0.0506. The van der Waals surface area contributed by atoms with Crippen molar-refractivity contribution in [3.05, 3.63) is 34.8 Å². The molecule has 0 saturated carbocycles. The van der Waals surface area contributed by atoms with E-state index in [2.05, 4.69) is 28.7 Å². The zero-order valence-corrected chi connectivity index (χ0v) is 22.3. The van der Waals surface area contributed by atoms with Gasteiger partial charge in [-0.15, -0.1) is 11.3 Å². The number of ether oxygens (including phenoxy) is 2. The Morgan fingerprint density at radius 2 is 1.80 bits per heavy atom. The van der Waals surface area contributed by atoms with Crippen molar-refractivity contribution in [3.63, 3.8) is 0 Å². The van der Waals surface area contributed by atoms with Crippen LogP contribution < -0.4 is 20.9 Å². The zero-order valence-electron chi connectivity index (χ0n) is 20.6. The lowest BCUT2D eigenvalue weighted by Gasteiger charge is -2.26. The molecule has 0 radical (unpaired) electrons. The molecule has 3 heterocycles. The van der Waals surface area contributed by atoms with Crippen LogP contribution in [0.2, 0.25) is 0 Å². The Hall–Kier alpha value is -2.56. The van der Waals surface area contributed by atoms with Gasteiger partial charge in [-0.1, -0.05) is 25.1 Å². The van der Waals surface area contributed by atoms with Gasteiger partial charge in [-0.2, -0.15) is 0 Å². The van der Waals surface area contributed by atoms with E-state index < -0.39 is 0 Å². The first-order chi connectivity index (χ1) is 17.0. The largest absolute Gasteiger partial charge is 0.493 e. The molecule has 1 atom stereocenters. The lowest BCUT2D eigenvalue weighted by Crippen LogP contribution is -2.33. The van der Waals surface area contributed by atoms with Gasteiger partial charge in [-0.05, 0) is 57.5 Å². The number of nitrogen functional groups attached to an aromatic ring is 2. The van der Waals surface area contributed by atoms with Crippen molar-refractivity contribution >= 4 is 34.7 Å². The molecule has 4 rings (SSSR count). The van der Waals surface area contributed by atoms with Crippen LogP contribution in [0.3, 0.4) is 0 Å². The normalized spacial score (nSPS) is 15.2. The second-order valence-electron chi connectivity index (χ2n) is 8.56. The number of aryl methyl sites for hydroxylation is 1. The Bertz CT molecular complexity index is 1110. The lowest BCUT2D eigenvalue weighted by molar-refractivity contribution is 0.180. The van der Waals surface area contributed by atoms with Gasteiger partial charge < -0.3 is 20.9 Å². The van der Waals surface area contributed by atoms with Crippen molar-refractivity contribution in [2.75, 3.05) is 44.8 Å². The second-order valence-corrected chi connectivity index (χ2v) is 10.9. The summed E-state index contributed by atoms with van der Waals surface area (Å²) in [5.74, 6) is 2.23. The first kappa shape index (κ1) is 25.5. The number of methoxy groups -OCH3 is 1. The highest BCUT2D eigenvalue weighted by molar-refractivity contribution is 7.99. The van der Waals surface area contributed by atoms with Crippen LogP contribution in [0.4, 0.5) is 11.6 Å². The van der Waals surface area contributed by atoms with Crippen LogP contribution in [0.5, 0.6) is 11.5 Å². The summed E-state index contributed by atoms with van der Waals surface area (Å²) in [5.41, 5.74) is 13.7. The highest BCUT2D eigenvalue weighted by Gasteiger charge is 2.20. The number of likely N-dealkylation sites (tertiary alicyclic amines) is 1. The van der Waals surface area contributed by atoms with Crippen LogP contribution in [0.15, 0.2) is 29.4 Å². The van der Waals surface area contributed by atoms with Crippen molar-refractivity contribution in [2.45, 2.75) is 49.9 Å². The molecule has 1 unspecified atom stereocenters. The van der Waals surface area contributed by atoms with Gasteiger partial charge in [-0.3, -0.25) is 4.90 Å². The van der Waals surface area contributed by atoms with Crippen molar-refractivity contribution in [2.24, 2.45) is 0 Å². The van der Waals surface area contributed by atoms with E-state index in [-0.39, 0.29) is 5.25 Å². The third kappa shape index (κ3) is 6.56. The number of rotatable bonds is 10. The quantitative estimate of drug-likeness (QED) is 0.283. The molecule has 3 aromatic rings. The third-order valence-electron chi connectivity index (χ3n) is 5.99. The second kappa shape index (κ2) is 11.9. The minimum Gasteiger partial charge on any atom is -0.493 e. The molecule has 1 aliphatic rings.